The van der Waals surface area contributed by atoms with Crippen molar-refractivity contribution in [3.05, 3.63) is 25.3 Å². The van der Waals surface area contributed by atoms with Gasteiger partial charge in [0.25, 0.3) is 0 Å². The van der Waals surface area contributed by atoms with Gasteiger partial charge in [-0.3, -0.25) is 4.79 Å². The Bertz CT molecular complexity index is 281. The molecule has 1 heterocycles. The summed E-state index contributed by atoms with van der Waals surface area (Å²) in [6, 6.07) is -0.239. The van der Waals surface area contributed by atoms with E-state index >= 15 is 0 Å². The molecule has 0 aliphatic carbocycles. The SMILES string of the molecule is C=CCN(CC=C)C(=O)C1(C)COCC1N. The molecule has 16 heavy (non-hydrogen) atoms. The molecule has 1 saturated heterocycles. The first-order valence-corrected chi connectivity index (χ1v) is 5.40. The van der Waals surface area contributed by atoms with Crippen LogP contribution in [0.25, 0.3) is 0 Å². The van der Waals surface area contributed by atoms with E-state index in [0.29, 0.717) is 26.3 Å². The molecule has 1 amide bonds. The van der Waals surface area contributed by atoms with E-state index in [-0.39, 0.29) is 11.9 Å². The number of carbonyl (C=O) groups is 1. The van der Waals surface area contributed by atoms with Crippen LogP contribution in [0.1, 0.15) is 6.92 Å². The second-order valence-electron chi connectivity index (χ2n) is 4.33. The van der Waals surface area contributed by atoms with E-state index in [2.05, 4.69) is 13.2 Å². The van der Waals surface area contributed by atoms with Crippen LogP contribution in [0.15, 0.2) is 25.3 Å². The molecule has 0 bridgehead atoms. The van der Waals surface area contributed by atoms with Gasteiger partial charge in [0, 0.05) is 19.1 Å². The van der Waals surface area contributed by atoms with Crippen molar-refractivity contribution in [2.24, 2.45) is 11.1 Å². The summed E-state index contributed by atoms with van der Waals surface area (Å²) in [5.41, 5.74) is 5.30. The molecule has 2 unspecified atom stereocenters. The zero-order chi connectivity index (χ0) is 12.2. The van der Waals surface area contributed by atoms with Crippen LogP contribution < -0.4 is 5.73 Å². The van der Waals surface area contributed by atoms with Gasteiger partial charge in [-0.15, -0.1) is 13.2 Å². The molecule has 1 fully saturated rings. The number of hydrogen-bond donors (Lipinski definition) is 1. The molecule has 1 aliphatic heterocycles. The standard InChI is InChI=1S/C12H20N2O2/c1-4-6-14(7-5-2)11(15)12(3)9-16-8-10(12)13/h4-5,10H,1-2,6-9,13H2,3H3. The van der Waals surface area contributed by atoms with Gasteiger partial charge < -0.3 is 15.4 Å². The maximum atomic E-state index is 12.3. The zero-order valence-electron chi connectivity index (χ0n) is 9.82. The highest BCUT2D eigenvalue weighted by Crippen LogP contribution is 2.29. The molecule has 90 valence electrons. The summed E-state index contributed by atoms with van der Waals surface area (Å²) in [6.07, 6.45) is 3.40. The first-order valence-electron chi connectivity index (χ1n) is 5.40. The van der Waals surface area contributed by atoms with E-state index in [9.17, 15) is 4.79 Å². The number of amides is 1. The van der Waals surface area contributed by atoms with Crippen molar-refractivity contribution in [1.82, 2.24) is 4.90 Å². The lowest BCUT2D eigenvalue weighted by atomic mass is 9.84. The summed E-state index contributed by atoms with van der Waals surface area (Å²) in [7, 11) is 0. The lowest BCUT2D eigenvalue weighted by Crippen LogP contribution is -2.51. The number of nitrogens with two attached hydrogens (primary N) is 1. The normalized spacial score (nSPS) is 28.8. The third kappa shape index (κ3) is 2.33. The third-order valence-electron chi connectivity index (χ3n) is 2.99. The number of nitrogens with zero attached hydrogens (tertiary/aromatic N) is 1. The predicted octanol–water partition coefficient (Wildman–Crippen LogP) is 0.551. The molecule has 0 spiro atoms. The van der Waals surface area contributed by atoms with E-state index < -0.39 is 5.41 Å². The van der Waals surface area contributed by atoms with Crippen molar-refractivity contribution in [1.29, 1.82) is 0 Å². The summed E-state index contributed by atoms with van der Waals surface area (Å²) < 4.78 is 5.28. The molecular formula is C12H20N2O2. The van der Waals surface area contributed by atoms with Gasteiger partial charge in [0.2, 0.25) is 5.91 Å². The third-order valence-corrected chi connectivity index (χ3v) is 2.99. The van der Waals surface area contributed by atoms with Crippen molar-refractivity contribution in [3.8, 4) is 0 Å². The zero-order valence-corrected chi connectivity index (χ0v) is 9.82. The molecule has 0 saturated carbocycles. The van der Waals surface area contributed by atoms with Crippen LogP contribution in [0.2, 0.25) is 0 Å². The number of hydrogen-bond acceptors (Lipinski definition) is 3. The smallest absolute Gasteiger partial charge is 0.233 e. The fraction of sp³-hybridized carbons (Fsp3) is 0.583. The van der Waals surface area contributed by atoms with Crippen molar-refractivity contribution in [2.45, 2.75) is 13.0 Å². The second kappa shape index (κ2) is 5.27. The highest BCUT2D eigenvalue weighted by Gasteiger charge is 2.45. The minimum absolute atomic E-state index is 0.0114. The highest BCUT2D eigenvalue weighted by atomic mass is 16.5. The quantitative estimate of drug-likeness (QED) is 0.694. The molecule has 1 rings (SSSR count). The maximum Gasteiger partial charge on any atom is 0.233 e. The summed E-state index contributed by atoms with van der Waals surface area (Å²) in [4.78, 5) is 14.0. The summed E-state index contributed by atoms with van der Waals surface area (Å²) >= 11 is 0. The molecule has 2 N–H and O–H groups in total. The molecular weight excluding hydrogens is 204 g/mol. The van der Waals surface area contributed by atoms with E-state index in [1.165, 1.54) is 0 Å². The van der Waals surface area contributed by atoms with Gasteiger partial charge in [0.15, 0.2) is 0 Å². The van der Waals surface area contributed by atoms with E-state index in [4.69, 9.17) is 10.5 Å². The molecule has 0 aromatic heterocycles. The summed E-state index contributed by atoms with van der Waals surface area (Å²) in [6.45, 7) is 11.0. The molecule has 1 aliphatic rings. The van der Waals surface area contributed by atoms with Gasteiger partial charge in [-0.05, 0) is 6.92 Å². The van der Waals surface area contributed by atoms with Crippen LogP contribution >= 0.6 is 0 Å². The van der Waals surface area contributed by atoms with Crippen LogP contribution in [0.5, 0.6) is 0 Å². The van der Waals surface area contributed by atoms with Crippen LogP contribution in [0.4, 0.5) is 0 Å². The number of carbonyl (C=O) groups excluding carboxylic acids is 1. The average molecular weight is 224 g/mol. The van der Waals surface area contributed by atoms with Gasteiger partial charge in [-0.25, -0.2) is 0 Å². The molecule has 2 atom stereocenters. The van der Waals surface area contributed by atoms with Gasteiger partial charge in [-0.1, -0.05) is 12.2 Å². The van der Waals surface area contributed by atoms with Crippen molar-refractivity contribution in [2.75, 3.05) is 26.3 Å². The Morgan fingerprint density at radius 3 is 2.50 bits per heavy atom. The fourth-order valence-corrected chi connectivity index (χ4v) is 1.82. The largest absolute Gasteiger partial charge is 0.379 e. The van der Waals surface area contributed by atoms with Gasteiger partial charge in [-0.2, -0.15) is 0 Å². The molecule has 0 radical (unpaired) electrons. The molecule has 0 aromatic carbocycles. The van der Waals surface area contributed by atoms with Gasteiger partial charge >= 0.3 is 0 Å². The van der Waals surface area contributed by atoms with Crippen molar-refractivity contribution in [3.63, 3.8) is 0 Å². The monoisotopic (exact) mass is 224 g/mol. The average Bonchev–Trinajstić information content (AvgIpc) is 2.59. The van der Waals surface area contributed by atoms with Gasteiger partial charge in [0.05, 0.1) is 18.6 Å². The van der Waals surface area contributed by atoms with Crippen LogP contribution in [0, 0.1) is 5.41 Å². The first-order chi connectivity index (χ1) is 7.56. The van der Waals surface area contributed by atoms with E-state index in [1.54, 1.807) is 17.1 Å². The van der Waals surface area contributed by atoms with Gasteiger partial charge in [0.1, 0.15) is 0 Å². The Hall–Kier alpha value is -1.13. The molecule has 0 aromatic rings. The van der Waals surface area contributed by atoms with Crippen molar-refractivity contribution < 1.29 is 9.53 Å². The Labute approximate surface area is 96.7 Å². The minimum atomic E-state index is -0.619. The molecule has 4 nitrogen and oxygen atoms in total. The molecule has 4 heteroatoms. The Morgan fingerprint density at radius 1 is 1.56 bits per heavy atom. The Morgan fingerprint density at radius 2 is 2.12 bits per heavy atom. The highest BCUT2D eigenvalue weighted by molar-refractivity contribution is 5.84. The van der Waals surface area contributed by atoms with Crippen LogP contribution in [-0.4, -0.2) is 43.2 Å². The van der Waals surface area contributed by atoms with Crippen molar-refractivity contribution >= 4 is 5.91 Å². The van der Waals surface area contributed by atoms with Crippen LogP contribution in [-0.2, 0) is 9.53 Å². The minimum Gasteiger partial charge on any atom is -0.379 e. The lowest BCUT2D eigenvalue weighted by molar-refractivity contribution is -0.140. The number of ether oxygens (including phenoxy) is 1. The lowest BCUT2D eigenvalue weighted by Gasteiger charge is -2.32. The predicted molar refractivity (Wildman–Crippen MR) is 63.9 cm³/mol. The Balaban J connectivity index is 2.80. The van der Waals surface area contributed by atoms with E-state index in [1.807, 2.05) is 6.92 Å². The maximum absolute atomic E-state index is 12.3. The van der Waals surface area contributed by atoms with E-state index in [0.717, 1.165) is 0 Å². The van der Waals surface area contributed by atoms with Crippen LogP contribution in [0.3, 0.4) is 0 Å². The second-order valence-corrected chi connectivity index (χ2v) is 4.33. The topological polar surface area (TPSA) is 55.6 Å². The summed E-state index contributed by atoms with van der Waals surface area (Å²) in [5, 5.41) is 0. The fourth-order valence-electron chi connectivity index (χ4n) is 1.82. The Kier molecular flexibility index (Phi) is 4.26. The number of rotatable bonds is 5. The first kappa shape index (κ1) is 12.9. The summed E-state index contributed by atoms with van der Waals surface area (Å²) in [5.74, 6) is 0.0114.